The number of nitrogens with one attached hydrogen (secondary N) is 2. The fraction of sp³-hybridized carbons (Fsp3) is 0.143. The first-order valence-corrected chi connectivity index (χ1v) is 9.29. The van der Waals surface area contributed by atoms with Crippen molar-refractivity contribution in [3.05, 3.63) is 71.8 Å². The van der Waals surface area contributed by atoms with E-state index in [-0.39, 0.29) is 11.8 Å². The molecule has 3 aromatic carbocycles. The summed E-state index contributed by atoms with van der Waals surface area (Å²) in [6, 6.07) is 19.6. The van der Waals surface area contributed by atoms with Gasteiger partial charge < -0.3 is 10.6 Å². The van der Waals surface area contributed by atoms with E-state index >= 15 is 0 Å². The van der Waals surface area contributed by atoms with Crippen molar-refractivity contribution >= 4 is 40.0 Å². The molecule has 0 spiro atoms. The fourth-order valence-electron chi connectivity index (χ4n) is 2.63. The Morgan fingerprint density at radius 1 is 0.962 bits per heavy atom. The van der Waals surface area contributed by atoms with Crippen molar-refractivity contribution < 1.29 is 9.59 Å². The van der Waals surface area contributed by atoms with E-state index < -0.39 is 0 Å². The van der Waals surface area contributed by atoms with Gasteiger partial charge in [-0.2, -0.15) is 0 Å². The van der Waals surface area contributed by atoms with Crippen LogP contribution in [0.25, 0.3) is 10.8 Å². The lowest BCUT2D eigenvalue weighted by Crippen LogP contribution is -2.19. The van der Waals surface area contributed by atoms with Crippen LogP contribution in [-0.2, 0) is 4.79 Å². The highest BCUT2D eigenvalue weighted by Gasteiger charge is 2.10. The van der Waals surface area contributed by atoms with Gasteiger partial charge in [0.25, 0.3) is 5.91 Å². The number of thioether (sulfide) groups is 1. The van der Waals surface area contributed by atoms with Crippen LogP contribution < -0.4 is 10.6 Å². The van der Waals surface area contributed by atoms with Crippen LogP contribution in [0.1, 0.15) is 15.9 Å². The summed E-state index contributed by atoms with van der Waals surface area (Å²) in [6.07, 6.45) is 0. The van der Waals surface area contributed by atoms with Gasteiger partial charge in [-0.05, 0) is 47.5 Å². The number of amides is 2. The summed E-state index contributed by atoms with van der Waals surface area (Å²) in [5.41, 5.74) is 2.10. The number of benzene rings is 3. The van der Waals surface area contributed by atoms with Gasteiger partial charge in [0.05, 0.1) is 5.75 Å². The van der Waals surface area contributed by atoms with Gasteiger partial charge in [-0.25, -0.2) is 0 Å². The molecule has 5 heteroatoms. The maximum absolute atomic E-state index is 12.3. The van der Waals surface area contributed by atoms with Crippen molar-refractivity contribution in [2.75, 3.05) is 18.1 Å². The molecular formula is C21H20N2O2S. The molecule has 0 aromatic heterocycles. The maximum atomic E-state index is 12.3. The number of aryl methyl sites for hydroxylation is 1. The van der Waals surface area contributed by atoms with Crippen LogP contribution in [0.3, 0.4) is 0 Å². The quantitative estimate of drug-likeness (QED) is 0.666. The molecule has 0 aliphatic heterocycles. The second kappa shape index (κ2) is 8.06. The van der Waals surface area contributed by atoms with E-state index in [1.54, 1.807) is 19.2 Å². The Bertz CT molecular complexity index is 969. The first-order chi connectivity index (χ1) is 12.6. The predicted octanol–water partition coefficient (Wildman–Crippen LogP) is 4.24. The minimum Gasteiger partial charge on any atom is -0.355 e. The molecule has 132 valence electrons. The Hall–Kier alpha value is -2.79. The molecule has 3 aromatic rings. The average molecular weight is 364 g/mol. The van der Waals surface area contributed by atoms with Crippen LogP contribution in [0.15, 0.2) is 65.6 Å². The van der Waals surface area contributed by atoms with E-state index in [1.807, 2.05) is 31.2 Å². The summed E-state index contributed by atoms with van der Waals surface area (Å²) in [5, 5.41) is 7.83. The molecule has 0 bridgehead atoms. The minimum atomic E-state index is -0.175. The summed E-state index contributed by atoms with van der Waals surface area (Å²) < 4.78 is 0. The second-order valence-electron chi connectivity index (χ2n) is 5.95. The van der Waals surface area contributed by atoms with E-state index in [4.69, 9.17) is 0 Å². The zero-order chi connectivity index (χ0) is 18.5. The van der Waals surface area contributed by atoms with Crippen molar-refractivity contribution in [3.8, 4) is 0 Å². The third-order valence-electron chi connectivity index (χ3n) is 4.09. The van der Waals surface area contributed by atoms with Gasteiger partial charge in [-0.3, -0.25) is 9.59 Å². The lowest BCUT2D eigenvalue weighted by atomic mass is 10.1. The molecule has 0 unspecified atom stereocenters. The SMILES string of the molecule is CNC(=O)c1ccc(C)c(NC(=O)CSc2ccc3ccccc3c2)c1. The van der Waals surface area contributed by atoms with Gasteiger partial charge in [-0.1, -0.05) is 36.4 Å². The Morgan fingerprint density at radius 3 is 2.50 bits per heavy atom. The van der Waals surface area contributed by atoms with Crippen molar-refractivity contribution in [2.45, 2.75) is 11.8 Å². The third kappa shape index (κ3) is 4.24. The highest BCUT2D eigenvalue weighted by Crippen LogP contribution is 2.24. The monoisotopic (exact) mass is 364 g/mol. The topological polar surface area (TPSA) is 58.2 Å². The zero-order valence-corrected chi connectivity index (χ0v) is 15.5. The van der Waals surface area contributed by atoms with Crippen LogP contribution >= 0.6 is 11.8 Å². The molecule has 0 heterocycles. The molecule has 0 radical (unpaired) electrons. The van der Waals surface area contributed by atoms with Crippen LogP contribution in [0.4, 0.5) is 5.69 Å². The Morgan fingerprint density at radius 2 is 1.73 bits per heavy atom. The van der Waals surface area contributed by atoms with Gasteiger partial charge in [0.15, 0.2) is 0 Å². The molecule has 0 saturated heterocycles. The zero-order valence-electron chi connectivity index (χ0n) is 14.7. The summed E-state index contributed by atoms with van der Waals surface area (Å²) in [4.78, 5) is 25.1. The number of carbonyl (C=O) groups excluding carboxylic acids is 2. The van der Waals surface area contributed by atoms with Crippen molar-refractivity contribution in [3.63, 3.8) is 0 Å². The van der Waals surface area contributed by atoms with E-state index in [0.29, 0.717) is 17.0 Å². The third-order valence-corrected chi connectivity index (χ3v) is 5.09. The molecule has 0 aliphatic carbocycles. The summed E-state index contributed by atoms with van der Waals surface area (Å²) in [6.45, 7) is 1.90. The molecular weight excluding hydrogens is 344 g/mol. The van der Waals surface area contributed by atoms with Crippen molar-refractivity contribution in [2.24, 2.45) is 0 Å². The highest BCUT2D eigenvalue weighted by molar-refractivity contribution is 8.00. The van der Waals surface area contributed by atoms with E-state index in [0.717, 1.165) is 15.8 Å². The van der Waals surface area contributed by atoms with Gasteiger partial charge in [0.2, 0.25) is 5.91 Å². The first-order valence-electron chi connectivity index (χ1n) is 8.31. The second-order valence-corrected chi connectivity index (χ2v) is 7.00. The molecule has 0 fully saturated rings. The van der Waals surface area contributed by atoms with Crippen LogP contribution in [0.2, 0.25) is 0 Å². The number of hydrogen-bond donors (Lipinski definition) is 2. The smallest absolute Gasteiger partial charge is 0.251 e. The van der Waals surface area contributed by atoms with E-state index in [1.165, 1.54) is 17.1 Å². The van der Waals surface area contributed by atoms with Crippen molar-refractivity contribution in [1.82, 2.24) is 5.32 Å². The van der Waals surface area contributed by atoms with Gasteiger partial charge >= 0.3 is 0 Å². The van der Waals surface area contributed by atoms with Gasteiger partial charge in [0, 0.05) is 23.2 Å². The van der Waals surface area contributed by atoms with E-state index in [9.17, 15) is 9.59 Å². The number of rotatable bonds is 5. The number of carbonyl (C=O) groups is 2. The largest absolute Gasteiger partial charge is 0.355 e. The number of anilines is 1. The van der Waals surface area contributed by atoms with Crippen molar-refractivity contribution in [1.29, 1.82) is 0 Å². The minimum absolute atomic E-state index is 0.0969. The van der Waals surface area contributed by atoms with Crippen LogP contribution in [0, 0.1) is 6.92 Å². The van der Waals surface area contributed by atoms with E-state index in [2.05, 4.69) is 34.9 Å². The number of hydrogen-bond acceptors (Lipinski definition) is 3. The average Bonchev–Trinajstić information content (AvgIpc) is 2.67. The lowest BCUT2D eigenvalue weighted by molar-refractivity contribution is -0.113. The van der Waals surface area contributed by atoms with Crippen LogP contribution in [-0.4, -0.2) is 24.6 Å². The summed E-state index contributed by atoms with van der Waals surface area (Å²) >= 11 is 1.49. The normalized spacial score (nSPS) is 10.5. The highest BCUT2D eigenvalue weighted by atomic mass is 32.2. The Labute approximate surface area is 157 Å². The molecule has 2 amide bonds. The van der Waals surface area contributed by atoms with Gasteiger partial charge in [-0.15, -0.1) is 11.8 Å². The Balaban J connectivity index is 1.66. The fourth-order valence-corrected chi connectivity index (χ4v) is 3.38. The molecule has 0 aliphatic rings. The molecule has 0 saturated carbocycles. The molecule has 3 rings (SSSR count). The molecule has 4 nitrogen and oxygen atoms in total. The predicted molar refractivity (Wildman–Crippen MR) is 108 cm³/mol. The standard InChI is InChI=1S/C21H20N2O2S/c1-14-7-8-17(21(25)22-2)12-19(14)23-20(24)13-26-18-10-9-15-5-3-4-6-16(15)11-18/h3-12H,13H2,1-2H3,(H,22,25)(H,23,24). The molecule has 2 N–H and O–H groups in total. The summed E-state index contributed by atoms with van der Waals surface area (Å²) in [7, 11) is 1.58. The molecule has 0 atom stereocenters. The first kappa shape index (κ1) is 18.0. The number of fused-ring (bicyclic) bond motifs is 1. The Kier molecular flexibility index (Phi) is 5.58. The summed E-state index contributed by atoms with van der Waals surface area (Å²) in [5.74, 6) is 0.0356. The van der Waals surface area contributed by atoms with Gasteiger partial charge in [0.1, 0.15) is 0 Å². The maximum Gasteiger partial charge on any atom is 0.251 e. The lowest BCUT2D eigenvalue weighted by Gasteiger charge is -2.10. The molecule has 26 heavy (non-hydrogen) atoms. The van der Waals surface area contributed by atoms with Crippen LogP contribution in [0.5, 0.6) is 0 Å².